The van der Waals surface area contributed by atoms with Gasteiger partial charge in [0.15, 0.2) is 0 Å². The van der Waals surface area contributed by atoms with Crippen LogP contribution < -0.4 is 9.47 Å². The molecule has 9 heteroatoms. The predicted octanol–water partition coefficient (Wildman–Crippen LogP) is 3.87. The van der Waals surface area contributed by atoms with Gasteiger partial charge >= 0.3 is 5.69 Å². The van der Waals surface area contributed by atoms with Crippen LogP contribution >= 0.6 is 22.6 Å². The zero-order valence-electron chi connectivity index (χ0n) is 14.3. The van der Waals surface area contributed by atoms with Crippen molar-refractivity contribution in [3.05, 3.63) is 79.7 Å². The van der Waals surface area contributed by atoms with E-state index in [9.17, 15) is 10.1 Å². The molecule has 3 rings (SSSR count). The van der Waals surface area contributed by atoms with Crippen molar-refractivity contribution in [3.8, 4) is 11.5 Å². The van der Waals surface area contributed by atoms with Gasteiger partial charge in [0.1, 0.15) is 30.5 Å². The third-order valence-corrected chi connectivity index (χ3v) is 4.32. The lowest BCUT2D eigenvalue weighted by atomic mass is 10.1. The van der Waals surface area contributed by atoms with E-state index in [2.05, 4.69) is 32.8 Å². The van der Waals surface area contributed by atoms with Crippen molar-refractivity contribution in [2.45, 2.75) is 6.61 Å². The van der Waals surface area contributed by atoms with E-state index in [0.29, 0.717) is 12.4 Å². The van der Waals surface area contributed by atoms with Gasteiger partial charge in [-0.2, -0.15) is 15.0 Å². The second kappa shape index (κ2) is 8.62. The van der Waals surface area contributed by atoms with Crippen LogP contribution in [0.3, 0.4) is 0 Å². The highest BCUT2D eigenvalue weighted by atomic mass is 127. The minimum atomic E-state index is -0.521. The summed E-state index contributed by atoms with van der Waals surface area (Å²) in [7, 11) is 1.60. The molecule has 27 heavy (non-hydrogen) atoms. The number of nitrogens with zero attached hydrogens (tertiary/aromatic N) is 4. The summed E-state index contributed by atoms with van der Waals surface area (Å²) in [6.45, 7) is 0.332. The number of ether oxygens (including phenoxy) is 2. The van der Waals surface area contributed by atoms with Gasteiger partial charge in [-0.05, 0) is 70.6 Å². The second-order valence-corrected chi connectivity index (χ2v) is 6.68. The van der Waals surface area contributed by atoms with Crippen LogP contribution in [0.25, 0.3) is 0 Å². The van der Waals surface area contributed by atoms with E-state index < -0.39 is 4.92 Å². The summed E-state index contributed by atoms with van der Waals surface area (Å²) in [5.74, 6) is 1.47. The molecule has 0 N–H and O–H groups in total. The van der Waals surface area contributed by atoms with E-state index in [1.54, 1.807) is 13.3 Å². The fourth-order valence-corrected chi connectivity index (χ4v) is 2.63. The number of hydrogen-bond acceptors (Lipinski definition) is 6. The molecule has 8 nitrogen and oxygen atoms in total. The van der Waals surface area contributed by atoms with Crippen LogP contribution in [-0.2, 0) is 6.61 Å². The standard InChI is InChI=1S/C18H15IN4O4/c1-26-18-7-2-13(9-20-22-11-16(10-21-22)23(24)25)8-14(18)12-27-17-5-3-15(19)4-6-17/h2-11H,12H2,1H3/b20-9-. The van der Waals surface area contributed by atoms with E-state index in [0.717, 1.165) is 31.4 Å². The molecule has 138 valence electrons. The second-order valence-electron chi connectivity index (χ2n) is 5.43. The van der Waals surface area contributed by atoms with Crippen molar-refractivity contribution in [1.29, 1.82) is 0 Å². The summed E-state index contributed by atoms with van der Waals surface area (Å²) in [4.78, 5) is 11.3. The molecule has 0 atom stereocenters. The highest BCUT2D eigenvalue weighted by molar-refractivity contribution is 14.1. The molecular formula is C18H15IN4O4. The Morgan fingerprint density at radius 3 is 2.74 bits per heavy atom. The fraction of sp³-hybridized carbons (Fsp3) is 0.111. The van der Waals surface area contributed by atoms with Gasteiger partial charge in [0.25, 0.3) is 0 Å². The first-order valence-electron chi connectivity index (χ1n) is 7.84. The highest BCUT2D eigenvalue weighted by Crippen LogP contribution is 2.22. The number of methoxy groups -OCH3 is 1. The van der Waals surface area contributed by atoms with Crippen molar-refractivity contribution in [2.75, 3.05) is 7.11 Å². The van der Waals surface area contributed by atoms with Crippen molar-refractivity contribution >= 4 is 34.5 Å². The highest BCUT2D eigenvalue weighted by Gasteiger charge is 2.08. The van der Waals surface area contributed by atoms with Crippen LogP contribution in [0.15, 0.2) is 60.0 Å². The zero-order chi connectivity index (χ0) is 19.2. The number of aromatic nitrogens is 2. The first-order chi connectivity index (χ1) is 13.0. The molecule has 0 radical (unpaired) electrons. The Bertz CT molecular complexity index is 970. The van der Waals surface area contributed by atoms with Crippen LogP contribution in [-0.4, -0.2) is 28.1 Å². The number of nitro groups is 1. The molecule has 0 aliphatic rings. The molecule has 0 saturated heterocycles. The Morgan fingerprint density at radius 2 is 2.07 bits per heavy atom. The predicted molar refractivity (Wildman–Crippen MR) is 108 cm³/mol. The summed E-state index contributed by atoms with van der Waals surface area (Å²) < 4.78 is 12.3. The Hall–Kier alpha value is -2.95. The first-order valence-corrected chi connectivity index (χ1v) is 8.92. The number of rotatable bonds is 7. The summed E-state index contributed by atoms with van der Waals surface area (Å²) in [5.41, 5.74) is 1.52. The number of halogens is 1. The normalized spacial score (nSPS) is 10.9. The fourth-order valence-electron chi connectivity index (χ4n) is 2.27. The first kappa shape index (κ1) is 18.8. The lowest BCUT2D eigenvalue weighted by molar-refractivity contribution is -0.385. The molecular weight excluding hydrogens is 463 g/mol. The molecule has 3 aromatic rings. The Kier molecular flexibility index (Phi) is 6.01. The maximum atomic E-state index is 10.7. The van der Waals surface area contributed by atoms with Crippen molar-refractivity contribution < 1.29 is 14.4 Å². The molecule has 2 aromatic carbocycles. The third-order valence-electron chi connectivity index (χ3n) is 3.60. The topological polar surface area (TPSA) is 91.8 Å². The van der Waals surface area contributed by atoms with Gasteiger partial charge in [0.05, 0.1) is 18.2 Å². The summed E-state index contributed by atoms with van der Waals surface area (Å²) >= 11 is 2.24. The molecule has 0 amide bonds. The molecule has 0 aliphatic heterocycles. The van der Waals surface area contributed by atoms with Crippen LogP contribution in [0.2, 0.25) is 0 Å². The van der Waals surface area contributed by atoms with Gasteiger partial charge in [0.2, 0.25) is 0 Å². The van der Waals surface area contributed by atoms with Gasteiger partial charge in [-0.15, -0.1) is 0 Å². The Balaban J connectivity index is 1.74. The van der Waals surface area contributed by atoms with Crippen LogP contribution in [0.5, 0.6) is 11.5 Å². The summed E-state index contributed by atoms with van der Waals surface area (Å²) in [6, 6.07) is 13.3. The van der Waals surface area contributed by atoms with Gasteiger partial charge in [0, 0.05) is 9.13 Å². The average Bonchev–Trinajstić information content (AvgIpc) is 3.15. The quantitative estimate of drug-likeness (QED) is 0.223. The maximum Gasteiger partial charge on any atom is 0.309 e. The summed E-state index contributed by atoms with van der Waals surface area (Å²) in [6.07, 6.45) is 3.94. The molecule has 1 heterocycles. The maximum absolute atomic E-state index is 10.7. The molecule has 0 aliphatic carbocycles. The van der Waals surface area contributed by atoms with E-state index >= 15 is 0 Å². The van der Waals surface area contributed by atoms with Gasteiger partial charge < -0.3 is 9.47 Å². The minimum Gasteiger partial charge on any atom is -0.496 e. The Morgan fingerprint density at radius 1 is 1.30 bits per heavy atom. The number of benzene rings is 2. The molecule has 0 unspecified atom stereocenters. The Labute approximate surface area is 168 Å². The minimum absolute atomic E-state index is 0.117. The summed E-state index contributed by atoms with van der Waals surface area (Å²) in [5, 5.41) is 18.6. The van der Waals surface area contributed by atoms with E-state index in [1.165, 1.54) is 6.20 Å². The van der Waals surface area contributed by atoms with Crippen LogP contribution in [0, 0.1) is 13.7 Å². The van der Waals surface area contributed by atoms with E-state index in [4.69, 9.17) is 9.47 Å². The van der Waals surface area contributed by atoms with Crippen LogP contribution in [0.1, 0.15) is 11.1 Å². The van der Waals surface area contributed by atoms with Gasteiger partial charge in [-0.25, -0.2) is 0 Å². The molecule has 1 aromatic heterocycles. The molecule has 0 spiro atoms. The van der Waals surface area contributed by atoms with Gasteiger partial charge in [-0.3, -0.25) is 10.1 Å². The van der Waals surface area contributed by atoms with E-state index in [-0.39, 0.29) is 5.69 Å². The monoisotopic (exact) mass is 478 g/mol. The van der Waals surface area contributed by atoms with Crippen LogP contribution in [0.4, 0.5) is 5.69 Å². The van der Waals surface area contributed by atoms with E-state index in [1.807, 2.05) is 42.5 Å². The zero-order valence-corrected chi connectivity index (χ0v) is 16.4. The lowest BCUT2D eigenvalue weighted by Crippen LogP contribution is -2.00. The third kappa shape index (κ3) is 5.03. The molecule has 0 fully saturated rings. The SMILES string of the molecule is COc1ccc(/C=N\n2cc([N+](=O)[O-])cn2)cc1COc1ccc(I)cc1. The van der Waals surface area contributed by atoms with Crippen molar-refractivity contribution in [3.63, 3.8) is 0 Å². The van der Waals surface area contributed by atoms with Crippen molar-refractivity contribution in [2.24, 2.45) is 5.10 Å². The lowest BCUT2D eigenvalue weighted by Gasteiger charge is -2.11. The number of hydrogen-bond donors (Lipinski definition) is 0. The molecule has 0 bridgehead atoms. The largest absolute Gasteiger partial charge is 0.496 e. The average molecular weight is 478 g/mol. The molecule has 0 saturated carbocycles. The van der Waals surface area contributed by atoms with Crippen molar-refractivity contribution in [1.82, 2.24) is 9.89 Å². The van der Waals surface area contributed by atoms with Gasteiger partial charge in [-0.1, -0.05) is 0 Å². The smallest absolute Gasteiger partial charge is 0.309 e.